The van der Waals surface area contributed by atoms with Gasteiger partial charge >= 0.3 is 5.97 Å². The number of hydrogen-bond acceptors (Lipinski definition) is 2. The van der Waals surface area contributed by atoms with Crippen LogP contribution in [0.3, 0.4) is 0 Å². The molecule has 0 aliphatic rings. The van der Waals surface area contributed by atoms with Gasteiger partial charge in [0.2, 0.25) is 6.43 Å². The van der Waals surface area contributed by atoms with Crippen LogP contribution in [0.1, 0.15) is 26.7 Å². The van der Waals surface area contributed by atoms with Crippen molar-refractivity contribution in [1.82, 2.24) is 0 Å². The number of carbonyl (C=O) groups excluding carboxylic acids is 1. The molecule has 0 saturated heterocycles. The van der Waals surface area contributed by atoms with Crippen molar-refractivity contribution in [2.24, 2.45) is 11.8 Å². The Balaban J connectivity index is 4.29. The summed E-state index contributed by atoms with van der Waals surface area (Å²) in [5, 5.41) is 0. The van der Waals surface area contributed by atoms with Crippen molar-refractivity contribution >= 4 is 5.97 Å². The van der Waals surface area contributed by atoms with Gasteiger partial charge in [0.05, 0.1) is 12.5 Å². The van der Waals surface area contributed by atoms with Crippen LogP contribution in [0.25, 0.3) is 0 Å². The molecule has 15 heavy (non-hydrogen) atoms. The lowest BCUT2D eigenvalue weighted by Gasteiger charge is -2.18. The quantitative estimate of drug-likeness (QED) is 0.487. The second kappa shape index (κ2) is 7.37. The van der Waals surface area contributed by atoms with E-state index in [1.807, 2.05) is 0 Å². The lowest BCUT2D eigenvalue weighted by molar-refractivity contribution is -0.147. The number of ether oxygens (including phenoxy) is 1. The minimum Gasteiger partial charge on any atom is -0.466 e. The minimum atomic E-state index is -2.40. The van der Waals surface area contributed by atoms with Gasteiger partial charge in [0.15, 0.2) is 0 Å². The topological polar surface area (TPSA) is 26.3 Å². The van der Waals surface area contributed by atoms with Crippen LogP contribution in [-0.4, -0.2) is 19.0 Å². The molecule has 0 amide bonds. The highest BCUT2D eigenvalue weighted by molar-refractivity contribution is 5.74. The van der Waals surface area contributed by atoms with E-state index in [2.05, 4.69) is 6.58 Å². The standard InChI is InChI=1S/C11H18F2O2/c1-4-8(10(12)13)7-9(5-2)11(14)15-6-3/h5,8-10H,2,4,6-7H2,1,3H3. The van der Waals surface area contributed by atoms with Crippen LogP contribution in [0.15, 0.2) is 12.7 Å². The van der Waals surface area contributed by atoms with Gasteiger partial charge in [-0.05, 0) is 19.8 Å². The summed E-state index contributed by atoms with van der Waals surface area (Å²) < 4.78 is 29.7. The van der Waals surface area contributed by atoms with E-state index in [1.165, 1.54) is 6.08 Å². The third-order valence-corrected chi connectivity index (χ3v) is 2.31. The van der Waals surface area contributed by atoms with Crippen molar-refractivity contribution in [3.8, 4) is 0 Å². The summed E-state index contributed by atoms with van der Waals surface area (Å²) in [6, 6.07) is 0. The number of hydrogen-bond donors (Lipinski definition) is 0. The van der Waals surface area contributed by atoms with Gasteiger partial charge in [-0.15, -0.1) is 6.58 Å². The van der Waals surface area contributed by atoms with E-state index in [-0.39, 0.29) is 13.0 Å². The summed E-state index contributed by atoms with van der Waals surface area (Å²) in [6.07, 6.45) is -0.562. The fraction of sp³-hybridized carbons (Fsp3) is 0.727. The zero-order chi connectivity index (χ0) is 11.8. The first kappa shape index (κ1) is 14.1. The Morgan fingerprint density at radius 2 is 2.07 bits per heavy atom. The summed E-state index contributed by atoms with van der Waals surface area (Å²) in [7, 11) is 0. The monoisotopic (exact) mass is 220 g/mol. The van der Waals surface area contributed by atoms with Gasteiger partial charge in [0, 0.05) is 5.92 Å². The summed E-state index contributed by atoms with van der Waals surface area (Å²) in [4.78, 5) is 11.3. The van der Waals surface area contributed by atoms with Crippen LogP contribution >= 0.6 is 0 Å². The van der Waals surface area contributed by atoms with Gasteiger partial charge in [0.1, 0.15) is 0 Å². The van der Waals surface area contributed by atoms with Crippen molar-refractivity contribution in [2.45, 2.75) is 33.1 Å². The maximum Gasteiger partial charge on any atom is 0.312 e. The molecular formula is C11H18F2O2. The van der Waals surface area contributed by atoms with Gasteiger partial charge in [-0.2, -0.15) is 0 Å². The Morgan fingerprint density at radius 3 is 2.40 bits per heavy atom. The van der Waals surface area contributed by atoms with Gasteiger partial charge in [-0.1, -0.05) is 13.0 Å². The van der Waals surface area contributed by atoms with Gasteiger partial charge in [0.25, 0.3) is 0 Å². The SMILES string of the molecule is C=CC(CC(CC)C(F)F)C(=O)OCC. The van der Waals surface area contributed by atoms with Crippen LogP contribution in [0.4, 0.5) is 8.78 Å². The van der Waals surface area contributed by atoms with Gasteiger partial charge < -0.3 is 4.74 Å². The molecule has 0 rings (SSSR count). The molecular weight excluding hydrogens is 202 g/mol. The molecule has 0 N–H and O–H groups in total. The first-order chi connectivity index (χ1) is 7.06. The first-order valence-electron chi connectivity index (χ1n) is 5.14. The zero-order valence-electron chi connectivity index (χ0n) is 9.21. The second-order valence-corrected chi connectivity index (χ2v) is 3.33. The third kappa shape index (κ3) is 4.91. The highest BCUT2D eigenvalue weighted by Gasteiger charge is 2.25. The molecule has 0 aliphatic heterocycles. The predicted octanol–water partition coefficient (Wildman–Crippen LogP) is 3.03. The Hall–Kier alpha value is -0.930. The van der Waals surface area contributed by atoms with Crippen molar-refractivity contribution in [2.75, 3.05) is 6.61 Å². The minimum absolute atomic E-state index is 0.108. The smallest absolute Gasteiger partial charge is 0.312 e. The largest absolute Gasteiger partial charge is 0.466 e. The number of rotatable bonds is 7. The molecule has 4 heteroatoms. The highest BCUT2D eigenvalue weighted by Crippen LogP contribution is 2.23. The van der Waals surface area contributed by atoms with Crippen LogP contribution < -0.4 is 0 Å². The van der Waals surface area contributed by atoms with Crippen molar-refractivity contribution in [3.63, 3.8) is 0 Å². The van der Waals surface area contributed by atoms with E-state index in [4.69, 9.17) is 4.74 Å². The van der Waals surface area contributed by atoms with E-state index >= 15 is 0 Å². The third-order valence-electron chi connectivity index (χ3n) is 2.31. The normalized spacial score (nSPS) is 14.7. The Labute approximate surface area is 89.3 Å². The first-order valence-corrected chi connectivity index (χ1v) is 5.14. The van der Waals surface area contributed by atoms with Crippen molar-refractivity contribution in [1.29, 1.82) is 0 Å². The Bertz CT molecular complexity index is 205. The fourth-order valence-electron chi connectivity index (χ4n) is 1.31. The molecule has 0 aliphatic carbocycles. The highest BCUT2D eigenvalue weighted by atomic mass is 19.3. The van der Waals surface area contributed by atoms with Gasteiger partial charge in [-0.3, -0.25) is 4.79 Å². The average molecular weight is 220 g/mol. The van der Waals surface area contributed by atoms with E-state index in [9.17, 15) is 13.6 Å². The van der Waals surface area contributed by atoms with Crippen LogP contribution in [0.2, 0.25) is 0 Å². The molecule has 0 aromatic carbocycles. The van der Waals surface area contributed by atoms with Crippen LogP contribution in [0.5, 0.6) is 0 Å². The second-order valence-electron chi connectivity index (χ2n) is 3.33. The molecule has 0 spiro atoms. The van der Waals surface area contributed by atoms with Crippen LogP contribution in [0, 0.1) is 11.8 Å². The molecule has 0 bridgehead atoms. The molecule has 0 saturated carbocycles. The molecule has 0 heterocycles. The summed E-state index contributed by atoms with van der Waals surface area (Å²) in [5.74, 6) is -1.85. The Morgan fingerprint density at radius 1 is 1.47 bits per heavy atom. The van der Waals surface area contributed by atoms with E-state index in [1.54, 1.807) is 13.8 Å². The summed E-state index contributed by atoms with van der Waals surface area (Å²) in [5.41, 5.74) is 0. The lowest BCUT2D eigenvalue weighted by atomic mass is 9.93. The van der Waals surface area contributed by atoms with Gasteiger partial charge in [-0.25, -0.2) is 8.78 Å². The zero-order valence-corrected chi connectivity index (χ0v) is 9.21. The molecule has 0 radical (unpaired) electrons. The number of esters is 1. The maximum absolute atomic E-state index is 12.5. The number of alkyl halides is 2. The molecule has 2 atom stereocenters. The fourth-order valence-corrected chi connectivity index (χ4v) is 1.31. The average Bonchev–Trinajstić information content (AvgIpc) is 2.19. The molecule has 0 aromatic heterocycles. The van der Waals surface area contributed by atoms with E-state index < -0.39 is 24.2 Å². The number of halogens is 2. The van der Waals surface area contributed by atoms with E-state index in [0.29, 0.717) is 6.42 Å². The molecule has 88 valence electrons. The van der Waals surface area contributed by atoms with E-state index in [0.717, 1.165) is 0 Å². The maximum atomic E-state index is 12.5. The lowest BCUT2D eigenvalue weighted by Crippen LogP contribution is -2.22. The van der Waals surface area contributed by atoms with Crippen molar-refractivity contribution in [3.05, 3.63) is 12.7 Å². The molecule has 0 fully saturated rings. The summed E-state index contributed by atoms with van der Waals surface area (Å²) >= 11 is 0. The number of carbonyl (C=O) groups is 1. The molecule has 2 nitrogen and oxygen atoms in total. The molecule has 0 aromatic rings. The predicted molar refractivity (Wildman–Crippen MR) is 54.7 cm³/mol. The molecule has 2 unspecified atom stereocenters. The Kier molecular flexibility index (Phi) is 6.92. The summed E-state index contributed by atoms with van der Waals surface area (Å²) in [6.45, 7) is 7.09. The van der Waals surface area contributed by atoms with Crippen LogP contribution in [-0.2, 0) is 9.53 Å². The van der Waals surface area contributed by atoms with Crippen molar-refractivity contribution < 1.29 is 18.3 Å².